The molecule has 1 aromatic carbocycles. The molecule has 5 heteroatoms. The van der Waals surface area contributed by atoms with E-state index in [2.05, 4.69) is 10.6 Å². The standard InChI is InChI=1S/C16H20N2O2S/c19-14-16(18-15(20)17-14,12-7-3-1-4-8-12)11-21-13-9-5-2-6-10-13/h1,3-4,7-8,13H,2,5-6,9-11H2,(H2,17,18,19,20). The molecule has 2 fully saturated rings. The lowest BCUT2D eigenvalue weighted by atomic mass is 9.92. The number of thioether (sulfide) groups is 1. The molecule has 1 aliphatic heterocycles. The minimum absolute atomic E-state index is 0.234. The van der Waals surface area contributed by atoms with Crippen molar-refractivity contribution in [2.45, 2.75) is 42.9 Å². The summed E-state index contributed by atoms with van der Waals surface area (Å²) in [5.74, 6) is 0.362. The summed E-state index contributed by atoms with van der Waals surface area (Å²) in [7, 11) is 0. The van der Waals surface area contributed by atoms with Crippen LogP contribution in [0, 0.1) is 0 Å². The Bertz CT molecular complexity index is 528. The highest BCUT2D eigenvalue weighted by atomic mass is 32.2. The van der Waals surface area contributed by atoms with Crippen LogP contribution in [0.1, 0.15) is 37.7 Å². The highest BCUT2D eigenvalue weighted by molar-refractivity contribution is 8.00. The fourth-order valence-electron chi connectivity index (χ4n) is 3.08. The first-order valence-corrected chi connectivity index (χ1v) is 8.56. The zero-order valence-corrected chi connectivity index (χ0v) is 12.7. The first-order valence-electron chi connectivity index (χ1n) is 7.51. The lowest BCUT2D eigenvalue weighted by Crippen LogP contribution is -2.46. The quantitative estimate of drug-likeness (QED) is 0.841. The molecule has 0 aromatic heterocycles. The van der Waals surface area contributed by atoms with Gasteiger partial charge in [0.2, 0.25) is 0 Å². The van der Waals surface area contributed by atoms with Gasteiger partial charge < -0.3 is 5.32 Å². The van der Waals surface area contributed by atoms with Crippen LogP contribution >= 0.6 is 11.8 Å². The molecule has 112 valence electrons. The van der Waals surface area contributed by atoms with Gasteiger partial charge in [0.25, 0.3) is 5.91 Å². The monoisotopic (exact) mass is 304 g/mol. The SMILES string of the molecule is O=C1NC(=O)C(CSC2CCCCC2)(c2ccccc2)N1. The van der Waals surface area contributed by atoms with Crippen LogP contribution in [0.5, 0.6) is 0 Å². The molecule has 4 nitrogen and oxygen atoms in total. The average molecular weight is 304 g/mol. The number of hydrogen-bond donors (Lipinski definition) is 2. The van der Waals surface area contributed by atoms with E-state index in [1.807, 2.05) is 42.1 Å². The van der Waals surface area contributed by atoms with E-state index >= 15 is 0 Å². The number of carbonyl (C=O) groups excluding carboxylic acids is 2. The maximum absolute atomic E-state index is 12.4. The van der Waals surface area contributed by atoms with E-state index in [0.29, 0.717) is 11.0 Å². The number of benzene rings is 1. The van der Waals surface area contributed by atoms with E-state index in [1.165, 1.54) is 32.1 Å². The fourth-order valence-corrected chi connectivity index (χ4v) is 4.60. The lowest BCUT2D eigenvalue weighted by Gasteiger charge is -2.29. The van der Waals surface area contributed by atoms with Crippen molar-refractivity contribution in [1.82, 2.24) is 10.6 Å². The Morgan fingerprint density at radius 1 is 1.10 bits per heavy atom. The number of carbonyl (C=O) groups is 2. The number of nitrogens with one attached hydrogen (secondary N) is 2. The van der Waals surface area contributed by atoms with Crippen molar-refractivity contribution in [3.8, 4) is 0 Å². The summed E-state index contributed by atoms with van der Waals surface area (Å²) < 4.78 is 0. The van der Waals surface area contributed by atoms with Crippen molar-refractivity contribution < 1.29 is 9.59 Å². The van der Waals surface area contributed by atoms with E-state index in [-0.39, 0.29) is 5.91 Å². The highest BCUT2D eigenvalue weighted by Crippen LogP contribution is 2.35. The minimum Gasteiger partial charge on any atom is -0.319 e. The predicted molar refractivity (Wildman–Crippen MR) is 84.1 cm³/mol. The second-order valence-electron chi connectivity index (χ2n) is 5.75. The maximum atomic E-state index is 12.4. The van der Waals surface area contributed by atoms with Gasteiger partial charge in [-0.3, -0.25) is 10.1 Å². The van der Waals surface area contributed by atoms with Crippen molar-refractivity contribution in [3.63, 3.8) is 0 Å². The first kappa shape index (κ1) is 14.4. The largest absolute Gasteiger partial charge is 0.322 e. The number of urea groups is 1. The van der Waals surface area contributed by atoms with Crippen LogP contribution in [0.4, 0.5) is 4.79 Å². The van der Waals surface area contributed by atoms with Gasteiger partial charge in [0.1, 0.15) is 0 Å². The van der Waals surface area contributed by atoms with Gasteiger partial charge in [0.05, 0.1) is 0 Å². The zero-order valence-electron chi connectivity index (χ0n) is 11.9. The van der Waals surface area contributed by atoms with Gasteiger partial charge in [-0.25, -0.2) is 4.79 Å². The molecule has 0 radical (unpaired) electrons. The van der Waals surface area contributed by atoms with E-state index in [4.69, 9.17) is 0 Å². The predicted octanol–water partition coefficient (Wildman–Crippen LogP) is 2.79. The minimum atomic E-state index is -0.916. The molecule has 2 aliphatic rings. The summed E-state index contributed by atoms with van der Waals surface area (Å²) in [6, 6.07) is 9.15. The van der Waals surface area contributed by atoms with Gasteiger partial charge in [0.15, 0.2) is 5.54 Å². The third-order valence-corrected chi connectivity index (χ3v) is 5.84. The van der Waals surface area contributed by atoms with Crippen LogP contribution in [0.25, 0.3) is 0 Å². The molecule has 1 saturated heterocycles. The van der Waals surface area contributed by atoms with Crippen LogP contribution in [-0.4, -0.2) is 22.9 Å². The number of imide groups is 1. The average Bonchev–Trinajstić information content (AvgIpc) is 2.82. The van der Waals surface area contributed by atoms with E-state index in [1.54, 1.807) is 0 Å². The molecular weight excluding hydrogens is 284 g/mol. The summed E-state index contributed by atoms with van der Waals surface area (Å²) in [4.78, 5) is 24.0. The molecule has 2 N–H and O–H groups in total. The molecule has 3 rings (SSSR count). The molecule has 1 aliphatic carbocycles. The van der Waals surface area contributed by atoms with Gasteiger partial charge in [-0.15, -0.1) is 0 Å². The third kappa shape index (κ3) is 2.93. The van der Waals surface area contributed by atoms with Crippen molar-refractivity contribution in [2.75, 3.05) is 5.75 Å². The van der Waals surface area contributed by atoms with Crippen molar-refractivity contribution in [3.05, 3.63) is 35.9 Å². The topological polar surface area (TPSA) is 58.2 Å². The fraction of sp³-hybridized carbons (Fsp3) is 0.500. The molecule has 0 bridgehead atoms. The van der Waals surface area contributed by atoms with Crippen molar-refractivity contribution >= 4 is 23.7 Å². The van der Waals surface area contributed by atoms with E-state index in [0.717, 1.165) is 5.56 Å². The highest BCUT2D eigenvalue weighted by Gasteiger charge is 2.47. The molecular formula is C16H20N2O2S. The van der Waals surface area contributed by atoms with Gasteiger partial charge in [-0.2, -0.15) is 11.8 Å². The number of rotatable bonds is 4. The Labute approximate surface area is 129 Å². The molecule has 1 atom stereocenters. The number of hydrogen-bond acceptors (Lipinski definition) is 3. The molecule has 21 heavy (non-hydrogen) atoms. The van der Waals surface area contributed by atoms with Crippen LogP contribution in [0.2, 0.25) is 0 Å². The zero-order chi connectivity index (χ0) is 14.7. The van der Waals surface area contributed by atoms with Crippen LogP contribution in [-0.2, 0) is 10.3 Å². The Kier molecular flexibility index (Phi) is 4.19. The van der Waals surface area contributed by atoms with Gasteiger partial charge >= 0.3 is 6.03 Å². The smallest absolute Gasteiger partial charge is 0.319 e. The third-order valence-electron chi connectivity index (χ3n) is 4.30. The second-order valence-corrected chi connectivity index (χ2v) is 7.04. The Balaban J connectivity index is 1.80. The van der Waals surface area contributed by atoms with Gasteiger partial charge in [-0.05, 0) is 18.4 Å². The van der Waals surface area contributed by atoms with Gasteiger partial charge in [-0.1, -0.05) is 49.6 Å². The molecule has 0 spiro atoms. The summed E-state index contributed by atoms with van der Waals surface area (Å²) in [5.41, 5.74) is -0.0582. The summed E-state index contributed by atoms with van der Waals surface area (Å²) in [5, 5.41) is 5.85. The molecule has 1 heterocycles. The summed E-state index contributed by atoms with van der Waals surface area (Å²) in [6.07, 6.45) is 6.29. The van der Waals surface area contributed by atoms with Crippen LogP contribution in [0.15, 0.2) is 30.3 Å². The maximum Gasteiger partial charge on any atom is 0.322 e. The second kappa shape index (κ2) is 6.10. The Morgan fingerprint density at radius 2 is 1.81 bits per heavy atom. The Morgan fingerprint density at radius 3 is 2.43 bits per heavy atom. The Hall–Kier alpha value is -1.49. The van der Waals surface area contributed by atoms with Crippen LogP contribution in [0.3, 0.4) is 0 Å². The number of amides is 3. The normalized spacial score (nSPS) is 26.5. The lowest BCUT2D eigenvalue weighted by molar-refractivity contribution is -0.123. The van der Waals surface area contributed by atoms with Crippen molar-refractivity contribution in [1.29, 1.82) is 0 Å². The van der Waals surface area contributed by atoms with Crippen LogP contribution < -0.4 is 10.6 Å². The van der Waals surface area contributed by atoms with Gasteiger partial charge in [0, 0.05) is 11.0 Å². The van der Waals surface area contributed by atoms with E-state index < -0.39 is 11.6 Å². The van der Waals surface area contributed by atoms with E-state index in [9.17, 15) is 9.59 Å². The summed E-state index contributed by atoms with van der Waals surface area (Å²) in [6.45, 7) is 0. The van der Waals surface area contributed by atoms with Crippen molar-refractivity contribution in [2.24, 2.45) is 0 Å². The first-order chi connectivity index (χ1) is 10.2. The summed E-state index contributed by atoms with van der Waals surface area (Å²) >= 11 is 1.82. The molecule has 3 amide bonds. The molecule has 1 unspecified atom stereocenters. The molecule has 1 saturated carbocycles. The molecule has 1 aromatic rings.